The first-order valence-corrected chi connectivity index (χ1v) is 11.5. The molecule has 1 aliphatic rings. The van der Waals surface area contributed by atoms with E-state index in [2.05, 4.69) is 5.32 Å². The van der Waals surface area contributed by atoms with Crippen molar-refractivity contribution in [2.24, 2.45) is 0 Å². The Balaban J connectivity index is 1.71. The zero-order chi connectivity index (χ0) is 23.5. The largest absolute Gasteiger partial charge is 0.462 e. The molecule has 3 aromatic carbocycles. The molecular weight excluding hydrogens is 460 g/mol. The minimum atomic E-state index is -0.490. The summed E-state index contributed by atoms with van der Waals surface area (Å²) in [6, 6.07) is 17.6. The van der Waals surface area contributed by atoms with E-state index in [1.54, 1.807) is 49.4 Å². The van der Waals surface area contributed by atoms with Crippen LogP contribution >= 0.6 is 23.4 Å². The fourth-order valence-electron chi connectivity index (χ4n) is 3.47. The third-order valence-electron chi connectivity index (χ3n) is 5.04. The molecule has 1 heterocycles. The van der Waals surface area contributed by atoms with Gasteiger partial charge in [0, 0.05) is 9.79 Å². The molecule has 1 N–H and O–H groups in total. The lowest BCUT2D eigenvalue weighted by atomic mass is 10.1. The second-order valence-corrected chi connectivity index (χ2v) is 8.91. The Hall–Kier alpha value is -3.29. The number of ether oxygens (including phenoxy) is 1. The van der Waals surface area contributed by atoms with Gasteiger partial charge in [0.1, 0.15) is 6.54 Å². The maximum absolute atomic E-state index is 13.5. The maximum atomic E-state index is 13.5. The highest BCUT2D eigenvalue weighted by atomic mass is 35.5. The molecule has 8 heteroatoms. The number of carbonyl (C=O) groups excluding carboxylic acids is 3. The summed E-state index contributed by atoms with van der Waals surface area (Å²) in [7, 11) is 0. The molecule has 33 heavy (non-hydrogen) atoms. The van der Waals surface area contributed by atoms with Crippen LogP contribution in [0.2, 0.25) is 5.02 Å². The Kier molecular flexibility index (Phi) is 6.72. The number of hydrogen-bond donors (Lipinski definition) is 1. The van der Waals surface area contributed by atoms with Gasteiger partial charge in [-0.25, -0.2) is 4.79 Å². The fourth-order valence-corrected chi connectivity index (χ4v) is 4.81. The van der Waals surface area contributed by atoms with Gasteiger partial charge >= 0.3 is 5.97 Å². The SMILES string of the molecule is CCOC(=O)c1ccc2c(c1)N(CC(=O)Nc1ccc(C)cc1Cl)C(=O)c1ccccc1S2. The van der Waals surface area contributed by atoms with Crippen LogP contribution in [-0.2, 0) is 9.53 Å². The zero-order valence-electron chi connectivity index (χ0n) is 18.1. The quantitative estimate of drug-likeness (QED) is 0.483. The van der Waals surface area contributed by atoms with Crippen molar-refractivity contribution >= 4 is 52.5 Å². The number of nitrogens with zero attached hydrogens (tertiary/aromatic N) is 1. The third-order valence-corrected chi connectivity index (χ3v) is 6.50. The third kappa shape index (κ3) is 4.89. The summed E-state index contributed by atoms with van der Waals surface area (Å²) < 4.78 is 5.11. The number of amides is 2. The van der Waals surface area contributed by atoms with E-state index >= 15 is 0 Å². The molecular formula is C25H21ClN2O4S. The standard InChI is InChI=1S/C25H21ClN2O4S/c1-3-32-25(31)16-9-11-22-20(13-16)28(24(30)17-6-4-5-7-21(17)33-22)14-23(29)27-19-10-8-15(2)12-18(19)26/h4-13H,3,14H2,1-2H3,(H,27,29). The molecule has 3 aromatic rings. The summed E-state index contributed by atoms with van der Waals surface area (Å²) in [6.07, 6.45) is 0. The van der Waals surface area contributed by atoms with Gasteiger partial charge < -0.3 is 10.1 Å². The van der Waals surface area contributed by atoms with Crippen molar-refractivity contribution in [2.45, 2.75) is 23.6 Å². The highest BCUT2D eigenvalue weighted by Crippen LogP contribution is 2.41. The van der Waals surface area contributed by atoms with Crippen LogP contribution in [0.1, 0.15) is 33.2 Å². The number of hydrogen-bond acceptors (Lipinski definition) is 5. The summed E-state index contributed by atoms with van der Waals surface area (Å²) in [6.45, 7) is 3.61. The molecule has 0 atom stereocenters. The van der Waals surface area contributed by atoms with Crippen LogP contribution in [0.3, 0.4) is 0 Å². The molecule has 0 saturated carbocycles. The van der Waals surface area contributed by atoms with E-state index in [4.69, 9.17) is 16.3 Å². The number of anilines is 2. The van der Waals surface area contributed by atoms with Crippen LogP contribution < -0.4 is 10.2 Å². The Morgan fingerprint density at radius 1 is 1.06 bits per heavy atom. The van der Waals surface area contributed by atoms with Crippen LogP contribution in [0.5, 0.6) is 0 Å². The predicted molar refractivity (Wildman–Crippen MR) is 129 cm³/mol. The molecule has 0 bridgehead atoms. The average Bonchev–Trinajstić information content (AvgIpc) is 2.90. The Labute approximate surface area is 200 Å². The van der Waals surface area contributed by atoms with Crippen LogP contribution in [-0.4, -0.2) is 30.9 Å². The number of carbonyl (C=O) groups is 3. The van der Waals surface area contributed by atoms with E-state index < -0.39 is 11.9 Å². The normalized spacial score (nSPS) is 12.5. The molecule has 0 radical (unpaired) electrons. The number of rotatable bonds is 5. The van der Waals surface area contributed by atoms with Gasteiger partial charge in [0.15, 0.2) is 0 Å². The minimum Gasteiger partial charge on any atom is -0.462 e. The van der Waals surface area contributed by atoms with Crippen LogP contribution in [0.25, 0.3) is 0 Å². The van der Waals surface area contributed by atoms with Crippen LogP contribution in [0.4, 0.5) is 11.4 Å². The molecule has 0 aromatic heterocycles. The molecule has 168 valence electrons. The van der Waals surface area contributed by atoms with Gasteiger partial charge in [-0.15, -0.1) is 0 Å². The number of fused-ring (bicyclic) bond motifs is 2. The summed E-state index contributed by atoms with van der Waals surface area (Å²) in [5.41, 5.74) is 2.69. The van der Waals surface area contributed by atoms with E-state index in [1.807, 2.05) is 25.1 Å². The van der Waals surface area contributed by atoms with E-state index in [1.165, 1.54) is 16.7 Å². The number of benzene rings is 3. The highest BCUT2D eigenvalue weighted by Gasteiger charge is 2.29. The number of nitrogens with one attached hydrogen (secondary N) is 1. The lowest BCUT2D eigenvalue weighted by Gasteiger charge is -2.23. The maximum Gasteiger partial charge on any atom is 0.338 e. The van der Waals surface area contributed by atoms with Crippen molar-refractivity contribution in [3.05, 3.63) is 82.4 Å². The van der Waals surface area contributed by atoms with E-state index in [0.29, 0.717) is 27.5 Å². The monoisotopic (exact) mass is 480 g/mol. The number of esters is 1. The predicted octanol–water partition coefficient (Wildman–Crippen LogP) is 5.58. The summed E-state index contributed by atoms with van der Waals surface area (Å²) >= 11 is 7.67. The van der Waals surface area contributed by atoms with Gasteiger partial charge in [-0.05, 0) is 61.9 Å². The molecule has 0 unspecified atom stereocenters. The molecule has 1 aliphatic heterocycles. The van der Waals surface area contributed by atoms with Crippen molar-refractivity contribution in [2.75, 3.05) is 23.4 Å². The van der Waals surface area contributed by atoms with Gasteiger partial charge in [0.25, 0.3) is 5.91 Å². The highest BCUT2D eigenvalue weighted by molar-refractivity contribution is 7.99. The zero-order valence-corrected chi connectivity index (χ0v) is 19.6. The second kappa shape index (κ2) is 9.68. The molecule has 2 amide bonds. The first-order chi connectivity index (χ1) is 15.9. The number of aryl methyl sites for hydroxylation is 1. The fraction of sp³-hybridized carbons (Fsp3) is 0.160. The summed E-state index contributed by atoms with van der Waals surface area (Å²) in [5.74, 6) is -1.23. The molecule has 0 spiro atoms. The van der Waals surface area contributed by atoms with Crippen molar-refractivity contribution in [3.63, 3.8) is 0 Å². The van der Waals surface area contributed by atoms with Crippen LogP contribution in [0.15, 0.2) is 70.5 Å². The van der Waals surface area contributed by atoms with Crippen molar-refractivity contribution in [3.8, 4) is 0 Å². The Morgan fingerprint density at radius 3 is 2.61 bits per heavy atom. The van der Waals surface area contributed by atoms with Crippen molar-refractivity contribution < 1.29 is 19.1 Å². The molecule has 0 fully saturated rings. The van der Waals surface area contributed by atoms with E-state index in [9.17, 15) is 14.4 Å². The topological polar surface area (TPSA) is 75.7 Å². The Morgan fingerprint density at radius 2 is 1.85 bits per heavy atom. The molecule has 6 nitrogen and oxygen atoms in total. The second-order valence-electron chi connectivity index (χ2n) is 7.42. The Bertz CT molecular complexity index is 1260. The van der Waals surface area contributed by atoms with Gasteiger partial charge in [0.2, 0.25) is 5.91 Å². The van der Waals surface area contributed by atoms with Gasteiger partial charge in [-0.2, -0.15) is 0 Å². The minimum absolute atomic E-state index is 0.235. The number of halogens is 1. The molecule has 0 saturated heterocycles. The van der Waals surface area contributed by atoms with Crippen molar-refractivity contribution in [1.29, 1.82) is 0 Å². The lowest BCUT2D eigenvalue weighted by Crippen LogP contribution is -2.38. The smallest absolute Gasteiger partial charge is 0.338 e. The summed E-state index contributed by atoms with van der Waals surface area (Å²) in [5, 5.41) is 3.19. The lowest BCUT2D eigenvalue weighted by molar-refractivity contribution is -0.114. The van der Waals surface area contributed by atoms with Gasteiger partial charge in [-0.3, -0.25) is 14.5 Å². The van der Waals surface area contributed by atoms with Crippen LogP contribution in [0, 0.1) is 6.92 Å². The first-order valence-electron chi connectivity index (χ1n) is 10.3. The summed E-state index contributed by atoms with van der Waals surface area (Å²) in [4.78, 5) is 41.7. The van der Waals surface area contributed by atoms with Gasteiger partial charge in [0.05, 0.1) is 34.1 Å². The molecule has 4 rings (SSSR count). The van der Waals surface area contributed by atoms with E-state index in [-0.39, 0.29) is 19.1 Å². The van der Waals surface area contributed by atoms with E-state index in [0.717, 1.165) is 15.4 Å². The average molecular weight is 481 g/mol. The van der Waals surface area contributed by atoms with Gasteiger partial charge in [-0.1, -0.05) is 41.6 Å². The van der Waals surface area contributed by atoms with Crippen molar-refractivity contribution in [1.82, 2.24) is 0 Å². The first kappa shape index (κ1) is 22.9. The molecule has 0 aliphatic carbocycles.